The first kappa shape index (κ1) is 9.92. The molecule has 0 spiro atoms. The Morgan fingerprint density at radius 2 is 1.92 bits per heavy atom. The second-order valence-electron chi connectivity index (χ2n) is 2.88. The van der Waals surface area contributed by atoms with E-state index in [9.17, 15) is 8.78 Å². The topological polar surface area (TPSA) is 38.0 Å². The molecule has 1 aromatic carbocycles. The van der Waals surface area contributed by atoms with Crippen LogP contribution in [0.1, 0.15) is 6.92 Å². The molecule has 1 atom stereocenters. The van der Waals surface area contributed by atoms with Crippen molar-refractivity contribution in [1.82, 2.24) is 0 Å². The molecule has 0 saturated carbocycles. The molecule has 3 N–H and O–H groups in total. The lowest BCUT2D eigenvalue weighted by Crippen LogP contribution is -2.26. The number of rotatable bonds is 3. The SMILES string of the molecule is CC(CN)Nc1c(F)cccc1F. The number of benzene rings is 1. The van der Waals surface area contributed by atoms with E-state index in [2.05, 4.69) is 5.32 Å². The van der Waals surface area contributed by atoms with Crippen molar-refractivity contribution in [2.24, 2.45) is 5.73 Å². The van der Waals surface area contributed by atoms with E-state index in [1.807, 2.05) is 0 Å². The number of hydrogen-bond donors (Lipinski definition) is 2. The summed E-state index contributed by atoms with van der Waals surface area (Å²) in [6, 6.07) is 3.58. The second kappa shape index (κ2) is 4.18. The summed E-state index contributed by atoms with van der Waals surface area (Å²) in [6.07, 6.45) is 0. The molecule has 0 bridgehead atoms. The van der Waals surface area contributed by atoms with Crippen molar-refractivity contribution in [2.75, 3.05) is 11.9 Å². The summed E-state index contributed by atoms with van der Waals surface area (Å²) in [7, 11) is 0. The summed E-state index contributed by atoms with van der Waals surface area (Å²) < 4.78 is 26.0. The molecule has 0 aliphatic heterocycles. The van der Waals surface area contributed by atoms with Crippen molar-refractivity contribution in [1.29, 1.82) is 0 Å². The maximum absolute atomic E-state index is 13.0. The van der Waals surface area contributed by atoms with E-state index in [-0.39, 0.29) is 11.7 Å². The predicted octanol–water partition coefficient (Wildman–Crippen LogP) is 1.72. The Kier molecular flexibility index (Phi) is 3.19. The Balaban J connectivity index is 2.87. The van der Waals surface area contributed by atoms with Crippen LogP contribution < -0.4 is 11.1 Å². The summed E-state index contributed by atoms with van der Waals surface area (Å²) >= 11 is 0. The second-order valence-corrected chi connectivity index (χ2v) is 2.88. The molecule has 1 unspecified atom stereocenters. The fourth-order valence-electron chi connectivity index (χ4n) is 0.941. The molecule has 4 heteroatoms. The number of nitrogens with one attached hydrogen (secondary N) is 1. The third kappa shape index (κ3) is 2.39. The van der Waals surface area contributed by atoms with Gasteiger partial charge < -0.3 is 11.1 Å². The van der Waals surface area contributed by atoms with Crippen molar-refractivity contribution >= 4 is 5.69 Å². The number of nitrogens with two attached hydrogens (primary N) is 1. The van der Waals surface area contributed by atoms with Crippen molar-refractivity contribution in [3.8, 4) is 0 Å². The highest BCUT2D eigenvalue weighted by Crippen LogP contribution is 2.18. The lowest BCUT2D eigenvalue weighted by atomic mass is 10.2. The van der Waals surface area contributed by atoms with Crippen molar-refractivity contribution in [2.45, 2.75) is 13.0 Å². The fraction of sp³-hybridized carbons (Fsp3) is 0.333. The third-order valence-electron chi connectivity index (χ3n) is 1.71. The first-order chi connectivity index (χ1) is 6.15. The van der Waals surface area contributed by atoms with E-state index in [1.54, 1.807) is 6.92 Å². The molecule has 0 saturated heterocycles. The maximum atomic E-state index is 13.0. The van der Waals surface area contributed by atoms with E-state index in [0.717, 1.165) is 0 Å². The van der Waals surface area contributed by atoms with E-state index in [0.29, 0.717) is 6.54 Å². The monoisotopic (exact) mass is 186 g/mol. The minimum absolute atomic E-state index is 0.111. The van der Waals surface area contributed by atoms with Crippen LogP contribution in [0.2, 0.25) is 0 Å². The molecule has 72 valence electrons. The van der Waals surface area contributed by atoms with Crippen molar-refractivity contribution < 1.29 is 8.78 Å². The minimum atomic E-state index is -0.597. The Labute approximate surface area is 75.7 Å². The maximum Gasteiger partial charge on any atom is 0.149 e. The number of para-hydroxylation sites is 1. The van der Waals surface area contributed by atoms with Gasteiger partial charge in [-0.05, 0) is 19.1 Å². The van der Waals surface area contributed by atoms with E-state index < -0.39 is 11.6 Å². The normalized spacial score (nSPS) is 12.6. The Hall–Kier alpha value is -1.16. The fourth-order valence-corrected chi connectivity index (χ4v) is 0.941. The van der Waals surface area contributed by atoms with Gasteiger partial charge in [-0.2, -0.15) is 0 Å². The largest absolute Gasteiger partial charge is 0.377 e. The lowest BCUT2D eigenvalue weighted by molar-refractivity contribution is 0.583. The van der Waals surface area contributed by atoms with Crippen LogP contribution in [0.15, 0.2) is 18.2 Å². The third-order valence-corrected chi connectivity index (χ3v) is 1.71. The molecule has 0 aliphatic rings. The van der Waals surface area contributed by atoms with Gasteiger partial charge in [0.25, 0.3) is 0 Å². The molecule has 0 fully saturated rings. The molecule has 1 rings (SSSR count). The minimum Gasteiger partial charge on any atom is -0.377 e. The summed E-state index contributed by atoms with van der Waals surface area (Å²) in [5.41, 5.74) is 5.20. The lowest BCUT2D eigenvalue weighted by Gasteiger charge is -2.13. The van der Waals surface area contributed by atoms with Crippen LogP contribution in [0.4, 0.5) is 14.5 Å². The van der Waals surface area contributed by atoms with E-state index in [1.165, 1.54) is 18.2 Å². The van der Waals surface area contributed by atoms with Crippen LogP contribution >= 0.6 is 0 Å². The van der Waals surface area contributed by atoms with Gasteiger partial charge in [0.15, 0.2) is 0 Å². The summed E-state index contributed by atoms with van der Waals surface area (Å²) in [5.74, 6) is -1.19. The molecule has 2 nitrogen and oxygen atoms in total. The first-order valence-corrected chi connectivity index (χ1v) is 4.05. The zero-order valence-corrected chi connectivity index (χ0v) is 7.35. The highest BCUT2D eigenvalue weighted by molar-refractivity contribution is 5.46. The first-order valence-electron chi connectivity index (χ1n) is 4.05. The molecule has 13 heavy (non-hydrogen) atoms. The number of halogens is 2. The van der Waals surface area contributed by atoms with Gasteiger partial charge in [0.05, 0.1) is 0 Å². The Morgan fingerprint density at radius 3 is 2.38 bits per heavy atom. The van der Waals surface area contributed by atoms with Gasteiger partial charge in [0.2, 0.25) is 0 Å². The molecule has 0 aromatic heterocycles. The highest BCUT2D eigenvalue weighted by Gasteiger charge is 2.09. The zero-order chi connectivity index (χ0) is 9.84. The van der Waals surface area contributed by atoms with E-state index >= 15 is 0 Å². The van der Waals surface area contributed by atoms with Crippen molar-refractivity contribution in [3.05, 3.63) is 29.8 Å². The predicted molar refractivity (Wildman–Crippen MR) is 48.5 cm³/mol. The highest BCUT2D eigenvalue weighted by atomic mass is 19.1. The van der Waals surface area contributed by atoms with Crippen LogP contribution in [0.3, 0.4) is 0 Å². The van der Waals surface area contributed by atoms with Gasteiger partial charge in [-0.15, -0.1) is 0 Å². The molecule has 0 heterocycles. The standard InChI is InChI=1S/C9H12F2N2/c1-6(5-12)13-9-7(10)3-2-4-8(9)11/h2-4,6,13H,5,12H2,1H3. The van der Waals surface area contributed by atoms with Crippen molar-refractivity contribution in [3.63, 3.8) is 0 Å². The average Bonchev–Trinajstić information content (AvgIpc) is 2.11. The van der Waals surface area contributed by atoms with Crippen LogP contribution in [-0.2, 0) is 0 Å². The van der Waals surface area contributed by atoms with Gasteiger partial charge in [-0.25, -0.2) is 8.78 Å². The molecule has 0 radical (unpaired) electrons. The molecular formula is C9H12F2N2. The number of hydrogen-bond acceptors (Lipinski definition) is 2. The Morgan fingerprint density at radius 1 is 1.38 bits per heavy atom. The van der Waals surface area contributed by atoms with Gasteiger partial charge in [0.1, 0.15) is 17.3 Å². The average molecular weight is 186 g/mol. The van der Waals surface area contributed by atoms with Crippen LogP contribution in [0, 0.1) is 11.6 Å². The van der Waals surface area contributed by atoms with Gasteiger partial charge in [-0.1, -0.05) is 6.07 Å². The summed E-state index contributed by atoms with van der Waals surface area (Å²) in [4.78, 5) is 0. The zero-order valence-electron chi connectivity index (χ0n) is 7.35. The van der Waals surface area contributed by atoms with Crippen LogP contribution in [0.25, 0.3) is 0 Å². The number of anilines is 1. The molecule has 0 amide bonds. The van der Waals surface area contributed by atoms with E-state index in [4.69, 9.17) is 5.73 Å². The van der Waals surface area contributed by atoms with Crippen LogP contribution in [0.5, 0.6) is 0 Å². The van der Waals surface area contributed by atoms with Gasteiger partial charge in [-0.3, -0.25) is 0 Å². The van der Waals surface area contributed by atoms with Gasteiger partial charge in [0, 0.05) is 12.6 Å². The molecular weight excluding hydrogens is 174 g/mol. The Bertz CT molecular complexity index is 269. The van der Waals surface area contributed by atoms with Crippen LogP contribution in [-0.4, -0.2) is 12.6 Å². The molecule has 0 aliphatic carbocycles. The smallest absolute Gasteiger partial charge is 0.149 e. The molecule has 1 aromatic rings. The summed E-state index contributed by atoms with van der Waals surface area (Å²) in [5, 5.41) is 2.65. The quantitative estimate of drug-likeness (QED) is 0.754. The van der Waals surface area contributed by atoms with Gasteiger partial charge >= 0.3 is 0 Å². The summed E-state index contributed by atoms with van der Waals surface area (Å²) in [6.45, 7) is 2.08.